The van der Waals surface area contributed by atoms with Gasteiger partial charge in [-0.05, 0) is 30.2 Å². The third-order valence-electron chi connectivity index (χ3n) is 4.85. The third kappa shape index (κ3) is 3.75. The molecule has 0 unspecified atom stereocenters. The number of nitrogens with one attached hydrogen (secondary N) is 1. The van der Waals surface area contributed by atoms with Crippen LogP contribution < -0.4 is 10.1 Å². The second-order valence-electron chi connectivity index (χ2n) is 6.81. The van der Waals surface area contributed by atoms with Crippen LogP contribution in [0.5, 0.6) is 5.75 Å². The zero-order valence-electron chi connectivity index (χ0n) is 15.9. The van der Waals surface area contributed by atoms with E-state index >= 15 is 0 Å². The molecular formula is C21H22N4O3. The van der Waals surface area contributed by atoms with Crippen LogP contribution >= 0.6 is 0 Å². The van der Waals surface area contributed by atoms with E-state index < -0.39 is 0 Å². The number of rotatable bonds is 5. The summed E-state index contributed by atoms with van der Waals surface area (Å²) in [5.74, 6) is 0.491. The van der Waals surface area contributed by atoms with Gasteiger partial charge in [-0.15, -0.1) is 5.10 Å². The fraction of sp³-hybridized carbons (Fsp3) is 0.286. The summed E-state index contributed by atoms with van der Waals surface area (Å²) in [5, 5.41) is 11.1. The molecule has 1 aliphatic heterocycles. The van der Waals surface area contributed by atoms with Crippen molar-refractivity contribution in [3.8, 4) is 5.75 Å². The smallest absolute Gasteiger partial charge is 0.274 e. The number of carbonyl (C=O) groups is 1. The van der Waals surface area contributed by atoms with E-state index in [4.69, 9.17) is 9.47 Å². The predicted octanol–water partition coefficient (Wildman–Crippen LogP) is 2.80. The molecule has 144 valence electrons. The molecule has 3 aromatic rings. The van der Waals surface area contributed by atoms with Crippen LogP contribution in [0, 0.1) is 6.92 Å². The normalized spacial score (nSPS) is 15.7. The molecule has 0 saturated heterocycles. The quantitative estimate of drug-likeness (QED) is 0.739. The molecule has 4 rings (SSSR count). The standard InChI is InChI=1S/C21H22N4O3/c1-14-6-8-16(9-7-14)19-12-25-18(13-28-19)20(23-24-25)21(26)22-11-15-4-3-5-17(10-15)27-2/h3-10,19H,11-13H2,1-2H3,(H,22,26)/t19-/m1/s1. The predicted molar refractivity (Wildman–Crippen MR) is 103 cm³/mol. The van der Waals surface area contributed by atoms with Crippen molar-refractivity contribution in [2.75, 3.05) is 7.11 Å². The summed E-state index contributed by atoms with van der Waals surface area (Å²) in [5.41, 5.74) is 4.26. The summed E-state index contributed by atoms with van der Waals surface area (Å²) in [6.07, 6.45) is -0.0949. The molecule has 1 aliphatic rings. The molecule has 7 heteroatoms. The SMILES string of the molecule is COc1cccc(CNC(=O)c2nnn3c2CO[C@@H](c2ccc(C)cc2)C3)c1. The fourth-order valence-corrected chi connectivity index (χ4v) is 3.22. The van der Waals surface area contributed by atoms with Gasteiger partial charge in [0.15, 0.2) is 5.69 Å². The number of fused-ring (bicyclic) bond motifs is 1. The molecular weight excluding hydrogens is 356 g/mol. The van der Waals surface area contributed by atoms with Gasteiger partial charge in [0.2, 0.25) is 0 Å². The molecule has 0 spiro atoms. The Morgan fingerprint density at radius 3 is 2.89 bits per heavy atom. The summed E-state index contributed by atoms with van der Waals surface area (Å²) in [4.78, 5) is 12.6. The second-order valence-corrected chi connectivity index (χ2v) is 6.81. The van der Waals surface area contributed by atoms with E-state index in [0.717, 1.165) is 16.9 Å². The van der Waals surface area contributed by atoms with E-state index in [2.05, 4.69) is 46.8 Å². The maximum absolute atomic E-state index is 12.6. The van der Waals surface area contributed by atoms with E-state index in [0.29, 0.717) is 31.1 Å². The van der Waals surface area contributed by atoms with Crippen LogP contribution in [0.15, 0.2) is 48.5 Å². The minimum Gasteiger partial charge on any atom is -0.497 e. The van der Waals surface area contributed by atoms with Gasteiger partial charge < -0.3 is 14.8 Å². The van der Waals surface area contributed by atoms with Crippen molar-refractivity contribution in [1.29, 1.82) is 0 Å². The molecule has 2 aromatic carbocycles. The van der Waals surface area contributed by atoms with E-state index in [1.54, 1.807) is 11.8 Å². The number of methoxy groups -OCH3 is 1. The number of amides is 1. The second kappa shape index (κ2) is 7.82. The maximum atomic E-state index is 12.6. The Kier molecular flexibility index (Phi) is 5.08. The molecule has 7 nitrogen and oxygen atoms in total. The van der Waals surface area contributed by atoms with Gasteiger partial charge in [0.25, 0.3) is 5.91 Å². The lowest BCUT2D eigenvalue weighted by Gasteiger charge is -2.24. The summed E-state index contributed by atoms with van der Waals surface area (Å²) in [7, 11) is 1.62. The first-order valence-electron chi connectivity index (χ1n) is 9.15. The Balaban J connectivity index is 1.43. The van der Waals surface area contributed by atoms with Gasteiger partial charge in [-0.2, -0.15) is 0 Å². The number of nitrogens with zero attached hydrogens (tertiary/aromatic N) is 3. The van der Waals surface area contributed by atoms with Gasteiger partial charge in [-0.25, -0.2) is 4.68 Å². The summed E-state index contributed by atoms with van der Waals surface area (Å²) in [6.45, 7) is 3.27. The first kappa shape index (κ1) is 18.2. The highest BCUT2D eigenvalue weighted by atomic mass is 16.5. The Hall–Kier alpha value is -3.19. The van der Waals surface area contributed by atoms with Crippen molar-refractivity contribution in [3.63, 3.8) is 0 Å². The number of ether oxygens (including phenoxy) is 2. The van der Waals surface area contributed by atoms with E-state index in [9.17, 15) is 4.79 Å². The highest BCUT2D eigenvalue weighted by Crippen LogP contribution is 2.27. The first-order valence-corrected chi connectivity index (χ1v) is 9.15. The van der Waals surface area contributed by atoms with Crippen molar-refractivity contribution >= 4 is 5.91 Å². The van der Waals surface area contributed by atoms with Gasteiger partial charge in [-0.3, -0.25) is 4.79 Å². The highest BCUT2D eigenvalue weighted by Gasteiger charge is 2.27. The van der Waals surface area contributed by atoms with Crippen LogP contribution in [-0.2, 0) is 24.4 Å². The van der Waals surface area contributed by atoms with Gasteiger partial charge in [-0.1, -0.05) is 47.2 Å². The van der Waals surface area contributed by atoms with Crippen molar-refractivity contribution in [2.45, 2.75) is 32.7 Å². The van der Waals surface area contributed by atoms with Crippen LogP contribution in [0.25, 0.3) is 0 Å². The Labute approximate surface area is 163 Å². The van der Waals surface area contributed by atoms with Gasteiger partial charge >= 0.3 is 0 Å². The monoisotopic (exact) mass is 378 g/mol. The van der Waals surface area contributed by atoms with Gasteiger partial charge in [0, 0.05) is 6.54 Å². The zero-order valence-corrected chi connectivity index (χ0v) is 15.9. The third-order valence-corrected chi connectivity index (χ3v) is 4.85. The Bertz CT molecular complexity index is 982. The minimum atomic E-state index is -0.263. The van der Waals surface area contributed by atoms with Crippen LogP contribution in [0.2, 0.25) is 0 Å². The van der Waals surface area contributed by atoms with E-state index in [1.165, 1.54) is 5.56 Å². The minimum absolute atomic E-state index is 0.0949. The average molecular weight is 378 g/mol. The molecule has 0 fully saturated rings. The molecule has 2 heterocycles. The topological polar surface area (TPSA) is 78.3 Å². The number of hydrogen-bond acceptors (Lipinski definition) is 5. The lowest BCUT2D eigenvalue weighted by atomic mass is 10.1. The number of carbonyl (C=O) groups excluding carboxylic acids is 1. The Morgan fingerprint density at radius 1 is 1.29 bits per heavy atom. The lowest BCUT2D eigenvalue weighted by molar-refractivity contribution is -0.00177. The number of aryl methyl sites for hydroxylation is 1. The molecule has 0 radical (unpaired) electrons. The van der Waals surface area contributed by atoms with Gasteiger partial charge in [0.1, 0.15) is 11.9 Å². The molecule has 0 aliphatic carbocycles. The van der Waals surface area contributed by atoms with Crippen LogP contribution in [0.3, 0.4) is 0 Å². The summed E-state index contributed by atoms with van der Waals surface area (Å²) in [6, 6.07) is 15.8. The largest absolute Gasteiger partial charge is 0.497 e. The first-order chi connectivity index (χ1) is 13.6. The number of benzene rings is 2. The van der Waals surface area contributed by atoms with Crippen LogP contribution in [0.4, 0.5) is 0 Å². The molecule has 1 N–H and O–H groups in total. The molecule has 1 aromatic heterocycles. The summed E-state index contributed by atoms with van der Waals surface area (Å²) >= 11 is 0. The molecule has 1 atom stereocenters. The fourth-order valence-electron chi connectivity index (χ4n) is 3.22. The van der Waals surface area contributed by atoms with Crippen molar-refractivity contribution in [2.24, 2.45) is 0 Å². The highest BCUT2D eigenvalue weighted by molar-refractivity contribution is 5.93. The van der Waals surface area contributed by atoms with E-state index in [1.807, 2.05) is 24.3 Å². The zero-order chi connectivity index (χ0) is 19.5. The number of hydrogen-bond donors (Lipinski definition) is 1. The molecule has 1 amide bonds. The van der Waals surface area contributed by atoms with Crippen LogP contribution in [0.1, 0.15) is 39.0 Å². The molecule has 28 heavy (non-hydrogen) atoms. The van der Waals surface area contributed by atoms with Crippen molar-refractivity contribution in [3.05, 3.63) is 76.6 Å². The maximum Gasteiger partial charge on any atom is 0.274 e. The van der Waals surface area contributed by atoms with Crippen molar-refractivity contribution in [1.82, 2.24) is 20.3 Å². The lowest BCUT2D eigenvalue weighted by Crippen LogP contribution is -2.27. The average Bonchev–Trinajstić information content (AvgIpc) is 3.16. The summed E-state index contributed by atoms with van der Waals surface area (Å²) < 4.78 is 12.9. The van der Waals surface area contributed by atoms with E-state index in [-0.39, 0.29) is 12.0 Å². The van der Waals surface area contributed by atoms with Gasteiger partial charge in [0.05, 0.1) is 26.0 Å². The Morgan fingerprint density at radius 2 is 2.11 bits per heavy atom. The molecule has 0 saturated carbocycles. The van der Waals surface area contributed by atoms with Crippen LogP contribution in [-0.4, -0.2) is 28.0 Å². The molecule has 0 bridgehead atoms. The van der Waals surface area contributed by atoms with Crippen molar-refractivity contribution < 1.29 is 14.3 Å². The number of aromatic nitrogens is 3.